The Morgan fingerprint density at radius 1 is 1.29 bits per heavy atom. The lowest BCUT2D eigenvalue weighted by molar-refractivity contribution is 0.465. The highest BCUT2D eigenvalue weighted by Crippen LogP contribution is 2.32. The van der Waals surface area contributed by atoms with Crippen LogP contribution in [0, 0.1) is 13.8 Å². The zero-order valence-corrected chi connectivity index (χ0v) is 16.1. The number of allylic oxidation sites excluding steroid dienone is 1. The summed E-state index contributed by atoms with van der Waals surface area (Å²) in [7, 11) is -2.32. The minimum Gasteiger partial charge on any atom is -0.265 e. The van der Waals surface area contributed by atoms with Crippen LogP contribution in [0.3, 0.4) is 0 Å². The van der Waals surface area contributed by atoms with Crippen LogP contribution in [0.2, 0.25) is 10.0 Å². The third-order valence-electron chi connectivity index (χ3n) is 3.80. The fourth-order valence-corrected chi connectivity index (χ4v) is 4.68. The maximum absolute atomic E-state index is 12.8. The van der Waals surface area contributed by atoms with Crippen molar-refractivity contribution in [2.45, 2.75) is 31.8 Å². The van der Waals surface area contributed by atoms with Gasteiger partial charge in [0.25, 0.3) is 0 Å². The van der Waals surface area contributed by atoms with Crippen molar-refractivity contribution in [2.24, 2.45) is 0 Å². The van der Waals surface area contributed by atoms with Crippen molar-refractivity contribution in [1.29, 1.82) is 0 Å². The summed E-state index contributed by atoms with van der Waals surface area (Å²) in [5, 5.41) is 4.62. The Hall–Kier alpha value is -1.34. The number of hydrogen-bond donors (Lipinski definition) is 0. The maximum atomic E-state index is 12.8. The van der Waals surface area contributed by atoms with Crippen molar-refractivity contribution in [2.75, 3.05) is 7.05 Å². The van der Waals surface area contributed by atoms with Gasteiger partial charge in [-0.15, -0.1) is 6.58 Å². The molecule has 0 spiro atoms. The minimum atomic E-state index is -3.82. The average molecular weight is 388 g/mol. The molecule has 8 heteroatoms. The normalized spacial score (nSPS) is 11.9. The number of sulfonamides is 1. The number of halogens is 2. The molecule has 0 saturated carbocycles. The van der Waals surface area contributed by atoms with Crippen molar-refractivity contribution >= 4 is 33.2 Å². The van der Waals surface area contributed by atoms with E-state index in [-0.39, 0.29) is 21.5 Å². The van der Waals surface area contributed by atoms with Gasteiger partial charge in [0, 0.05) is 24.8 Å². The first-order chi connectivity index (χ1) is 11.2. The minimum absolute atomic E-state index is 0.0791. The molecule has 5 nitrogen and oxygen atoms in total. The second kappa shape index (κ2) is 7.27. The molecule has 2 aromatic rings. The van der Waals surface area contributed by atoms with E-state index in [0.717, 1.165) is 17.0 Å². The quantitative estimate of drug-likeness (QED) is 0.707. The SMILES string of the molecule is C=CCn1nc(C)c(CN(C)S(=O)(=O)c2c(Cl)cccc2Cl)c1C. The van der Waals surface area contributed by atoms with Crippen LogP contribution in [0.1, 0.15) is 17.0 Å². The molecule has 0 N–H and O–H groups in total. The molecule has 1 aromatic carbocycles. The van der Waals surface area contributed by atoms with E-state index in [9.17, 15) is 8.42 Å². The highest BCUT2D eigenvalue weighted by Gasteiger charge is 2.28. The van der Waals surface area contributed by atoms with Crippen molar-refractivity contribution in [1.82, 2.24) is 14.1 Å². The predicted molar refractivity (Wildman–Crippen MR) is 97.0 cm³/mol. The van der Waals surface area contributed by atoms with Gasteiger partial charge in [-0.2, -0.15) is 9.40 Å². The third-order valence-corrected chi connectivity index (χ3v) is 6.56. The second-order valence-corrected chi connectivity index (χ2v) is 8.23. The average Bonchev–Trinajstić information content (AvgIpc) is 2.75. The molecule has 0 aliphatic rings. The second-order valence-electron chi connectivity index (χ2n) is 5.43. The number of aromatic nitrogens is 2. The summed E-state index contributed by atoms with van der Waals surface area (Å²) in [5.41, 5.74) is 2.53. The molecule has 2 rings (SSSR count). The summed E-state index contributed by atoms with van der Waals surface area (Å²) in [6.07, 6.45) is 1.74. The maximum Gasteiger partial charge on any atom is 0.246 e. The number of benzene rings is 1. The Bertz CT molecular complexity index is 855. The smallest absolute Gasteiger partial charge is 0.246 e. The molecule has 0 unspecified atom stereocenters. The van der Waals surface area contributed by atoms with E-state index in [2.05, 4.69) is 11.7 Å². The molecule has 0 bridgehead atoms. The Labute approximate surface area is 152 Å². The topological polar surface area (TPSA) is 55.2 Å². The van der Waals surface area contributed by atoms with Gasteiger partial charge >= 0.3 is 0 Å². The standard InChI is InChI=1S/C16H19Cl2N3O2S/c1-5-9-21-12(3)13(11(2)19-21)10-20(4)24(22,23)16-14(17)7-6-8-15(16)18/h5-8H,1,9-10H2,2-4H3. The number of rotatable bonds is 6. The molecule has 0 aliphatic heterocycles. The van der Waals surface area contributed by atoms with E-state index in [4.69, 9.17) is 23.2 Å². The van der Waals surface area contributed by atoms with Crippen LogP contribution in [0.25, 0.3) is 0 Å². The fraction of sp³-hybridized carbons (Fsp3) is 0.312. The van der Waals surface area contributed by atoms with Crippen molar-refractivity contribution in [3.63, 3.8) is 0 Å². The molecular formula is C16H19Cl2N3O2S. The van der Waals surface area contributed by atoms with Gasteiger partial charge in [0.2, 0.25) is 10.0 Å². The monoisotopic (exact) mass is 387 g/mol. The van der Waals surface area contributed by atoms with E-state index >= 15 is 0 Å². The fourth-order valence-electron chi connectivity index (χ4n) is 2.46. The molecule has 0 amide bonds. The molecule has 0 atom stereocenters. The van der Waals surface area contributed by atoms with Crippen molar-refractivity contribution < 1.29 is 8.42 Å². The molecule has 0 aliphatic carbocycles. The molecule has 130 valence electrons. The van der Waals surface area contributed by atoms with Gasteiger partial charge in [-0.25, -0.2) is 8.42 Å². The lowest BCUT2D eigenvalue weighted by Crippen LogP contribution is -2.27. The molecule has 1 heterocycles. The third kappa shape index (κ3) is 3.52. The number of aryl methyl sites for hydroxylation is 1. The molecule has 1 aromatic heterocycles. The molecule has 0 fully saturated rings. The summed E-state index contributed by atoms with van der Waals surface area (Å²) < 4.78 is 28.7. The largest absolute Gasteiger partial charge is 0.265 e. The van der Waals surface area contributed by atoms with Gasteiger partial charge in [-0.3, -0.25) is 4.68 Å². The number of hydrogen-bond acceptors (Lipinski definition) is 3. The molecule has 0 radical (unpaired) electrons. The van der Waals surface area contributed by atoms with Crippen molar-refractivity contribution in [3.8, 4) is 0 Å². The summed E-state index contributed by atoms with van der Waals surface area (Å²) in [5.74, 6) is 0. The molecule has 0 saturated heterocycles. The Kier molecular flexibility index (Phi) is 5.75. The van der Waals surface area contributed by atoms with Gasteiger partial charge in [-0.1, -0.05) is 35.3 Å². The van der Waals surface area contributed by atoms with E-state index in [1.807, 2.05) is 13.8 Å². The Balaban J connectivity index is 2.39. The highest BCUT2D eigenvalue weighted by molar-refractivity contribution is 7.89. The van der Waals surface area contributed by atoms with E-state index in [1.165, 1.54) is 23.5 Å². The lowest BCUT2D eigenvalue weighted by Gasteiger charge is -2.19. The Morgan fingerprint density at radius 2 is 1.88 bits per heavy atom. The summed E-state index contributed by atoms with van der Waals surface area (Å²) in [4.78, 5) is -0.0791. The summed E-state index contributed by atoms with van der Waals surface area (Å²) in [6, 6.07) is 4.62. The highest BCUT2D eigenvalue weighted by atomic mass is 35.5. The van der Waals surface area contributed by atoms with Crippen LogP contribution in [-0.2, 0) is 23.1 Å². The van der Waals surface area contributed by atoms with Gasteiger partial charge in [0.1, 0.15) is 4.90 Å². The van der Waals surface area contributed by atoms with Gasteiger partial charge < -0.3 is 0 Å². The van der Waals surface area contributed by atoms with Crippen LogP contribution in [0.4, 0.5) is 0 Å². The first-order valence-corrected chi connectivity index (χ1v) is 9.43. The van der Waals surface area contributed by atoms with Crippen LogP contribution in [0.15, 0.2) is 35.7 Å². The van der Waals surface area contributed by atoms with Gasteiger partial charge in [0.05, 0.1) is 22.3 Å². The van der Waals surface area contributed by atoms with E-state index in [1.54, 1.807) is 16.8 Å². The zero-order valence-electron chi connectivity index (χ0n) is 13.8. The number of nitrogens with zero attached hydrogens (tertiary/aromatic N) is 3. The summed E-state index contributed by atoms with van der Waals surface area (Å²) in [6.45, 7) is 8.20. The van der Waals surface area contributed by atoms with E-state index in [0.29, 0.717) is 6.54 Å². The van der Waals surface area contributed by atoms with E-state index < -0.39 is 10.0 Å². The first kappa shape index (κ1) is 19.0. The molecular weight excluding hydrogens is 369 g/mol. The van der Waals surface area contributed by atoms with Crippen LogP contribution < -0.4 is 0 Å². The summed E-state index contributed by atoms with van der Waals surface area (Å²) >= 11 is 12.1. The van der Waals surface area contributed by atoms with Gasteiger partial charge in [-0.05, 0) is 26.0 Å². The van der Waals surface area contributed by atoms with Crippen LogP contribution in [0.5, 0.6) is 0 Å². The first-order valence-electron chi connectivity index (χ1n) is 7.24. The van der Waals surface area contributed by atoms with Crippen molar-refractivity contribution in [3.05, 3.63) is 57.9 Å². The predicted octanol–water partition coefficient (Wildman–Crippen LogP) is 3.81. The van der Waals surface area contributed by atoms with Gasteiger partial charge in [0.15, 0.2) is 0 Å². The van der Waals surface area contributed by atoms with Crippen LogP contribution >= 0.6 is 23.2 Å². The zero-order chi connectivity index (χ0) is 18.1. The van der Waals surface area contributed by atoms with Crippen LogP contribution in [-0.4, -0.2) is 29.6 Å². The lowest BCUT2D eigenvalue weighted by atomic mass is 10.2. The molecule has 24 heavy (non-hydrogen) atoms. The Morgan fingerprint density at radius 3 is 2.42 bits per heavy atom.